The summed E-state index contributed by atoms with van der Waals surface area (Å²) in [6.07, 6.45) is 4.65. The van der Waals surface area contributed by atoms with E-state index in [0.717, 1.165) is 37.9 Å². The summed E-state index contributed by atoms with van der Waals surface area (Å²) in [5.41, 5.74) is 5.01. The molecule has 0 aromatic carbocycles. The molecule has 1 aliphatic heterocycles. The predicted molar refractivity (Wildman–Crippen MR) is 89.1 cm³/mol. The molecule has 3 N–H and O–H groups in total. The molecule has 0 aromatic rings. The van der Waals surface area contributed by atoms with Crippen LogP contribution in [0.2, 0.25) is 0 Å². The van der Waals surface area contributed by atoms with E-state index in [-0.39, 0.29) is 5.91 Å². The number of carbonyl (C=O) groups excluding carboxylic acids is 1. The smallest absolute Gasteiger partial charge is 0.237 e. The molecule has 3 unspecified atom stereocenters. The zero-order chi connectivity index (χ0) is 16.0. The van der Waals surface area contributed by atoms with Crippen molar-refractivity contribution in [3.63, 3.8) is 0 Å². The van der Waals surface area contributed by atoms with Crippen molar-refractivity contribution in [1.82, 2.24) is 10.2 Å². The Kier molecular flexibility index (Phi) is 7.14. The third-order valence-corrected chi connectivity index (χ3v) is 5.19. The lowest BCUT2D eigenvalue weighted by Crippen LogP contribution is -2.56. The molecule has 0 radical (unpaired) electrons. The Morgan fingerprint density at radius 3 is 2.52 bits per heavy atom. The Labute approximate surface area is 130 Å². The van der Waals surface area contributed by atoms with E-state index in [1.54, 1.807) is 0 Å². The zero-order valence-electron chi connectivity index (χ0n) is 14.6. The fourth-order valence-corrected chi connectivity index (χ4v) is 3.62. The quantitative estimate of drug-likeness (QED) is 0.758. The normalized spacial score (nSPS) is 25.3. The summed E-state index contributed by atoms with van der Waals surface area (Å²) in [6, 6.07) is 0.382. The van der Waals surface area contributed by atoms with Crippen molar-refractivity contribution in [2.24, 2.45) is 17.6 Å². The fraction of sp³-hybridized carbons (Fsp3) is 0.941. The molecule has 1 amide bonds. The van der Waals surface area contributed by atoms with Gasteiger partial charge in [-0.2, -0.15) is 0 Å². The maximum Gasteiger partial charge on any atom is 0.237 e. The van der Waals surface area contributed by atoms with Gasteiger partial charge in [-0.15, -0.1) is 0 Å². The van der Waals surface area contributed by atoms with Gasteiger partial charge < -0.3 is 16.0 Å². The van der Waals surface area contributed by atoms with Gasteiger partial charge in [-0.25, -0.2) is 0 Å². The van der Waals surface area contributed by atoms with E-state index >= 15 is 0 Å². The minimum Gasteiger partial charge on any atom is -0.368 e. The summed E-state index contributed by atoms with van der Waals surface area (Å²) in [5, 5.41) is 3.27. The Morgan fingerprint density at radius 2 is 2.00 bits per heavy atom. The van der Waals surface area contributed by atoms with Crippen LogP contribution < -0.4 is 11.1 Å². The molecule has 1 saturated heterocycles. The Balaban J connectivity index is 2.62. The van der Waals surface area contributed by atoms with Crippen LogP contribution >= 0.6 is 0 Å². The molecule has 0 aromatic heterocycles. The van der Waals surface area contributed by atoms with Gasteiger partial charge in [0.1, 0.15) is 0 Å². The zero-order valence-corrected chi connectivity index (χ0v) is 14.6. The van der Waals surface area contributed by atoms with Gasteiger partial charge in [-0.3, -0.25) is 4.79 Å². The molecular formula is C17H35N3O. The summed E-state index contributed by atoms with van der Waals surface area (Å²) >= 11 is 0. The maximum atomic E-state index is 11.8. The standard InChI is InChI=1S/C17H35N3O/c1-6-19-17(5,16(18)21)12-14(4)20-10-7-8-15(9-11-20)13(2)3/h13-15,19H,6-12H2,1-5H3,(H2,18,21). The Hall–Kier alpha value is -0.610. The van der Waals surface area contributed by atoms with Crippen molar-refractivity contribution in [3.8, 4) is 0 Å². The van der Waals surface area contributed by atoms with E-state index in [0.29, 0.717) is 6.04 Å². The van der Waals surface area contributed by atoms with E-state index in [2.05, 4.69) is 31.0 Å². The minimum absolute atomic E-state index is 0.244. The van der Waals surface area contributed by atoms with Crippen LogP contribution in [0, 0.1) is 11.8 Å². The minimum atomic E-state index is -0.599. The lowest BCUT2D eigenvalue weighted by atomic mass is 9.89. The molecule has 21 heavy (non-hydrogen) atoms. The van der Waals surface area contributed by atoms with Crippen LogP contribution in [-0.4, -0.2) is 42.0 Å². The molecule has 4 heteroatoms. The number of primary amides is 1. The summed E-state index contributed by atoms with van der Waals surface area (Å²) in [4.78, 5) is 14.3. The SMILES string of the molecule is CCNC(C)(CC(C)N1CCCC(C(C)C)CC1)C(N)=O. The van der Waals surface area contributed by atoms with Gasteiger partial charge in [0.05, 0.1) is 5.54 Å². The second-order valence-electron chi connectivity index (χ2n) is 7.25. The number of nitrogens with zero attached hydrogens (tertiary/aromatic N) is 1. The van der Waals surface area contributed by atoms with Crippen molar-refractivity contribution in [2.45, 2.75) is 71.9 Å². The van der Waals surface area contributed by atoms with Crippen LogP contribution in [0.4, 0.5) is 0 Å². The topological polar surface area (TPSA) is 58.4 Å². The number of hydrogen-bond donors (Lipinski definition) is 2. The number of likely N-dealkylation sites (tertiary alicyclic amines) is 1. The summed E-state index contributed by atoms with van der Waals surface area (Å²) in [7, 11) is 0. The third kappa shape index (κ3) is 5.26. The Morgan fingerprint density at radius 1 is 1.33 bits per heavy atom. The highest BCUT2D eigenvalue weighted by atomic mass is 16.1. The molecular weight excluding hydrogens is 262 g/mol. The molecule has 1 aliphatic rings. The highest BCUT2D eigenvalue weighted by molar-refractivity contribution is 5.84. The van der Waals surface area contributed by atoms with E-state index in [1.807, 2.05) is 13.8 Å². The Bertz CT molecular complexity index is 332. The fourth-order valence-electron chi connectivity index (χ4n) is 3.62. The van der Waals surface area contributed by atoms with Crippen molar-refractivity contribution >= 4 is 5.91 Å². The van der Waals surface area contributed by atoms with Crippen LogP contribution in [0.25, 0.3) is 0 Å². The predicted octanol–water partition coefficient (Wildman–Crippen LogP) is 2.38. The van der Waals surface area contributed by atoms with Crippen molar-refractivity contribution < 1.29 is 4.79 Å². The summed E-state index contributed by atoms with van der Waals surface area (Å²) < 4.78 is 0. The number of hydrogen-bond acceptors (Lipinski definition) is 3. The van der Waals surface area contributed by atoms with Gasteiger partial charge in [0.2, 0.25) is 5.91 Å². The van der Waals surface area contributed by atoms with Gasteiger partial charge in [0, 0.05) is 6.04 Å². The molecule has 0 saturated carbocycles. The van der Waals surface area contributed by atoms with Gasteiger partial charge in [0.25, 0.3) is 0 Å². The van der Waals surface area contributed by atoms with Gasteiger partial charge in [0.15, 0.2) is 0 Å². The van der Waals surface area contributed by atoms with Crippen molar-refractivity contribution in [3.05, 3.63) is 0 Å². The van der Waals surface area contributed by atoms with E-state index in [1.165, 1.54) is 19.3 Å². The molecule has 0 spiro atoms. The van der Waals surface area contributed by atoms with Crippen LogP contribution in [0.3, 0.4) is 0 Å². The lowest BCUT2D eigenvalue weighted by molar-refractivity contribution is -0.124. The number of amides is 1. The van der Waals surface area contributed by atoms with Crippen LogP contribution in [0.15, 0.2) is 0 Å². The number of likely N-dealkylation sites (N-methyl/N-ethyl adjacent to an activating group) is 1. The average molecular weight is 297 g/mol. The van der Waals surface area contributed by atoms with E-state index < -0.39 is 5.54 Å². The summed E-state index contributed by atoms with van der Waals surface area (Å²) in [6.45, 7) is 13.9. The second kappa shape index (κ2) is 8.14. The van der Waals surface area contributed by atoms with E-state index in [9.17, 15) is 4.79 Å². The number of nitrogens with one attached hydrogen (secondary N) is 1. The number of rotatable bonds is 7. The number of carbonyl (C=O) groups is 1. The van der Waals surface area contributed by atoms with Gasteiger partial charge in [-0.05, 0) is 71.0 Å². The molecule has 1 rings (SSSR count). The van der Waals surface area contributed by atoms with Gasteiger partial charge in [-0.1, -0.05) is 20.8 Å². The monoisotopic (exact) mass is 297 g/mol. The van der Waals surface area contributed by atoms with Crippen LogP contribution in [0.1, 0.15) is 60.3 Å². The average Bonchev–Trinajstić information content (AvgIpc) is 2.64. The van der Waals surface area contributed by atoms with Crippen molar-refractivity contribution in [2.75, 3.05) is 19.6 Å². The van der Waals surface area contributed by atoms with Gasteiger partial charge >= 0.3 is 0 Å². The summed E-state index contributed by atoms with van der Waals surface area (Å²) in [5.74, 6) is 1.38. The highest BCUT2D eigenvalue weighted by Gasteiger charge is 2.34. The second-order valence-corrected chi connectivity index (χ2v) is 7.25. The first-order valence-corrected chi connectivity index (χ1v) is 8.59. The van der Waals surface area contributed by atoms with Crippen LogP contribution in [0.5, 0.6) is 0 Å². The lowest BCUT2D eigenvalue weighted by Gasteiger charge is -2.35. The first-order valence-electron chi connectivity index (χ1n) is 8.59. The first-order chi connectivity index (χ1) is 9.80. The molecule has 1 fully saturated rings. The maximum absolute atomic E-state index is 11.8. The third-order valence-electron chi connectivity index (χ3n) is 5.19. The molecule has 3 atom stereocenters. The first kappa shape index (κ1) is 18.4. The van der Waals surface area contributed by atoms with Crippen LogP contribution in [-0.2, 0) is 4.79 Å². The molecule has 1 heterocycles. The highest BCUT2D eigenvalue weighted by Crippen LogP contribution is 2.27. The van der Waals surface area contributed by atoms with Crippen molar-refractivity contribution in [1.29, 1.82) is 0 Å². The largest absolute Gasteiger partial charge is 0.368 e. The van der Waals surface area contributed by atoms with E-state index in [4.69, 9.17) is 5.73 Å². The molecule has 0 aliphatic carbocycles. The molecule has 124 valence electrons. The molecule has 0 bridgehead atoms. The molecule has 4 nitrogen and oxygen atoms in total. The number of nitrogens with two attached hydrogens (primary N) is 1.